The minimum absolute atomic E-state index is 0.0642. The molecular weight excluding hydrogens is 208 g/mol. The number of rotatable bonds is 4. The van der Waals surface area contributed by atoms with E-state index in [1.807, 2.05) is 0 Å². The van der Waals surface area contributed by atoms with E-state index in [4.69, 9.17) is 9.53 Å². The lowest BCUT2D eigenvalue weighted by atomic mass is 10.2. The van der Waals surface area contributed by atoms with Crippen molar-refractivity contribution in [2.24, 2.45) is 0 Å². The van der Waals surface area contributed by atoms with Crippen LogP contribution in [0.4, 0.5) is 0 Å². The molecule has 0 aliphatic carbocycles. The first-order chi connectivity index (χ1) is 6.61. The maximum Gasteiger partial charge on any atom is 0.377 e. The number of ether oxygens (including phenoxy) is 1. The average molecular weight is 220 g/mol. The van der Waals surface area contributed by atoms with E-state index in [1.165, 1.54) is 0 Å². The van der Waals surface area contributed by atoms with Crippen LogP contribution >= 0.6 is 0 Å². The van der Waals surface area contributed by atoms with Gasteiger partial charge in [0.05, 0.1) is 6.61 Å². The van der Waals surface area contributed by atoms with Crippen molar-refractivity contribution >= 4 is 15.7 Å². The van der Waals surface area contributed by atoms with Crippen LogP contribution in [0, 0.1) is 0 Å². The summed E-state index contributed by atoms with van der Waals surface area (Å²) in [7, 11) is -0.884. The molecule has 0 spiro atoms. The molecule has 1 rings (SSSR count). The van der Waals surface area contributed by atoms with E-state index in [9.17, 15) is 15.0 Å². The van der Waals surface area contributed by atoms with Gasteiger partial charge in [-0.15, -0.1) is 0 Å². The van der Waals surface area contributed by atoms with Gasteiger partial charge in [0.15, 0.2) is 11.9 Å². The zero-order valence-electron chi connectivity index (χ0n) is 7.64. The summed E-state index contributed by atoms with van der Waals surface area (Å²) >= 11 is 0. The molecule has 0 amide bonds. The van der Waals surface area contributed by atoms with Crippen LogP contribution in [0.1, 0.15) is 0 Å². The molecule has 0 aromatic rings. The van der Waals surface area contributed by atoms with Crippen LogP contribution in [0.3, 0.4) is 0 Å². The van der Waals surface area contributed by atoms with Gasteiger partial charge in [-0.1, -0.05) is 0 Å². The van der Waals surface area contributed by atoms with Crippen LogP contribution < -0.4 is 0 Å². The van der Waals surface area contributed by atoms with Crippen molar-refractivity contribution in [1.82, 2.24) is 0 Å². The molecule has 6 nitrogen and oxygen atoms in total. The Kier molecular flexibility index (Phi) is 3.50. The van der Waals surface area contributed by atoms with Gasteiger partial charge >= 0.3 is 5.97 Å². The van der Waals surface area contributed by atoms with E-state index < -0.39 is 40.3 Å². The normalized spacial score (nSPS) is 24.5. The van der Waals surface area contributed by atoms with Gasteiger partial charge in [0, 0.05) is 0 Å². The summed E-state index contributed by atoms with van der Waals surface area (Å²) in [6.07, 6.45) is -2.35. The molecule has 1 heterocycles. The Bertz CT molecular complexity index is 263. The van der Waals surface area contributed by atoms with Crippen molar-refractivity contribution in [3.05, 3.63) is 11.5 Å². The maximum absolute atomic E-state index is 10.9. The van der Waals surface area contributed by atoms with Crippen LogP contribution in [0.25, 0.3) is 0 Å². The molecule has 0 unspecified atom stereocenters. The zero-order valence-corrected chi connectivity index (χ0v) is 9.05. The Morgan fingerprint density at radius 2 is 2.36 bits per heavy atom. The van der Waals surface area contributed by atoms with Crippen molar-refractivity contribution in [2.45, 2.75) is 18.8 Å². The fraction of sp³-hybridized carbons (Fsp3) is 0.571. The zero-order chi connectivity index (χ0) is 10.7. The highest BCUT2D eigenvalue weighted by molar-refractivity contribution is 6.25. The lowest BCUT2D eigenvalue weighted by Crippen LogP contribution is -2.32. The number of carbonyl (C=O) groups excluding carboxylic acids is 1. The Balaban J connectivity index is 2.84. The number of aliphatic hydroxyl groups is 3. The second-order valence-corrected chi connectivity index (χ2v) is 3.59. The topological polar surface area (TPSA) is 96.2 Å². The van der Waals surface area contributed by atoms with Gasteiger partial charge < -0.3 is 24.5 Å². The number of cyclic esters (lactones) is 1. The quantitative estimate of drug-likeness (QED) is 0.381. The Hall–Kier alpha value is -1.05. The van der Waals surface area contributed by atoms with Crippen LogP contribution in [0.5, 0.6) is 0 Å². The van der Waals surface area contributed by atoms with E-state index in [1.54, 1.807) is 6.55 Å². The summed E-state index contributed by atoms with van der Waals surface area (Å²) in [6, 6.07) is 0. The molecule has 7 heteroatoms. The SMILES string of the molecule is C[SiH2]OC1=C(O)C(=O)O[C@@H]1[C@@H](O)CO. The third-order valence-electron chi connectivity index (χ3n) is 1.76. The molecule has 0 radical (unpaired) electrons. The minimum atomic E-state index is -1.26. The predicted octanol–water partition coefficient (Wildman–Crippen LogP) is -1.82. The third kappa shape index (κ3) is 1.89. The number of esters is 1. The van der Waals surface area contributed by atoms with Gasteiger partial charge in [0.2, 0.25) is 15.5 Å². The van der Waals surface area contributed by atoms with Gasteiger partial charge in [-0.05, 0) is 6.55 Å². The molecule has 0 fully saturated rings. The van der Waals surface area contributed by atoms with Crippen molar-refractivity contribution in [2.75, 3.05) is 6.61 Å². The minimum Gasteiger partial charge on any atom is -0.547 e. The molecule has 0 aromatic heterocycles. The standard InChI is InChI=1S/C7H12O6Si/c1-14-13-6-4(10)7(11)12-5(6)3(9)2-8/h3,5,8-10H,2,14H2,1H3/t3-,5+/m0/s1. The molecule has 0 saturated carbocycles. The molecule has 14 heavy (non-hydrogen) atoms. The summed E-state index contributed by atoms with van der Waals surface area (Å²) in [5.74, 6) is -1.61. The fourth-order valence-electron chi connectivity index (χ4n) is 1.12. The summed E-state index contributed by atoms with van der Waals surface area (Å²) in [4.78, 5) is 10.9. The molecule has 0 aromatic carbocycles. The van der Waals surface area contributed by atoms with E-state index in [0.29, 0.717) is 0 Å². The molecule has 1 aliphatic rings. The van der Waals surface area contributed by atoms with Crippen LogP contribution in [-0.4, -0.2) is 49.9 Å². The van der Waals surface area contributed by atoms with Crippen LogP contribution in [-0.2, 0) is 14.0 Å². The van der Waals surface area contributed by atoms with E-state index in [0.717, 1.165) is 0 Å². The first-order valence-corrected chi connectivity index (χ1v) is 6.16. The van der Waals surface area contributed by atoms with Crippen molar-refractivity contribution < 1.29 is 29.3 Å². The van der Waals surface area contributed by atoms with Crippen LogP contribution in [0.2, 0.25) is 6.55 Å². The van der Waals surface area contributed by atoms with Gasteiger partial charge in [-0.3, -0.25) is 0 Å². The number of hydrogen-bond donors (Lipinski definition) is 3. The van der Waals surface area contributed by atoms with Gasteiger partial charge in [-0.25, -0.2) is 4.79 Å². The summed E-state index contributed by atoms with van der Waals surface area (Å²) in [5.41, 5.74) is 0. The molecule has 2 atom stereocenters. The van der Waals surface area contributed by atoms with Gasteiger partial charge in [0.1, 0.15) is 6.10 Å². The predicted molar refractivity (Wildman–Crippen MR) is 48.1 cm³/mol. The Labute approximate surface area is 82.7 Å². The second-order valence-electron chi connectivity index (χ2n) is 2.72. The smallest absolute Gasteiger partial charge is 0.377 e. The largest absolute Gasteiger partial charge is 0.547 e. The van der Waals surface area contributed by atoms with Gasteiger partial charge in [0.25, 0.3) is 0 Å². The maximum atomic E-state index is 10.9. The van der Waals surface area contributed by atoms with Gasteiger partial charge in [-0.2, -0.15) is 0 Å². The van der Waals surface area contributed by atoms with Crippen molar-refractivity contribution in [3.63, 3.8) is 0 Å². The van der Waals surface area contributed by atoms with Crippen molar-refractivity contribution in [3.8, 4) is 0 Å². The summed E-state index contributed by atoms with van der Waals surface area (Å²) < 4.78 is 9.69. The first kappa shape index (κ1) is 11.0. The Morgan fingerprint density at radius 1 is 1.71 bits per heavy atom. The molecule has 3 N–H and O–H groups in total. The lowest BCUT2D eigenvalue weighted by Gasteiger charge is -2.17. The number of hydrogen-bond acceptors (Lipinski definition) is 6. The highest BCUT2D eigenvalue weighted by Crippen LogP contribution is 2.24. The van der Waals surface area contributed by atoms with Crippen LogP contribution in [0.15, 0.2) is 11.5 Å². The fourth-order valence-corrected chi connectivity index (χ4v) is 1.73. The van der Waals surface area contributed by atoms with E-state index in [2.05, 4.69) is 4.74 Å². The molecular formula is C7H12O6Si. The second kappa shape index (κ2) is 4.44. The average Bonchev–Trinajstić information content (AvgIpc) is 2.45. The molecule has 0 saturated heterocycles. The Morgan fingerprint density at radius 3 is 2.86 bits per heavy atom. The molecule has 80 valence electrons. The number of aliphatic hydroxyl groups excluding tert-OH is 3. The summed E-state index contributed by atoms with van der Waals surface area (Å²) in [6.45, 7) is 1.23. The monoisotopic (exact) mass is 220 g/mol. The summed E-state index contributed by atoms with van der Waals surface area (Å²) in [5, 5.41) is 27.1. The highest BCUT2D eigenvalue weighted by atomic mass is 28.2. The third-order valence-corrected chi connectivity index (χ3v) is 2.36. The lowest BCUT2D eigenvalue weighted by molar-refractivity contribution is -0.147. The molecule has 1 aliphatic heterocycles. The first-order valence-electron chi connectivity index (χ1n) is 4.17. The van der Waals surface area contributed by atoms with Crippen molar-refractivity contribution in [1.29, 1.82) is 0 Å². The number of carbonyl (C=O) groups is 1. The highest BCUT2D eigenvalue weighted by Gasteiger charge is 2.39. The van der Waals surface area contributed by atoms with E-state index >= 15 is 0 Å². The molecule has 0 bridgehead atoms. The van der Waals surface area contributed by atoms with E-state index in [-0.39, 0.29) is 5.76 Å².